The Morgan fingerprint density at radius 2 is 2.14 bits per heavy atom. The molecule has 2 aliphatic rings. The van der Waals surface area contributed by atoms with Crippen molar-refractivity contribution in [1.29, 1.82) is 0 Å². The van der Waals surface area contributed by atoms with Crippen LogP contribution in [-0.4, -0.2) is 31.6 Å². The second-order valence-electron chi connectivity index (χ2n) is 5.68. The third kappa shape index (κ3) is 2.75. The molecule has 1 heterocycles. The largest absolute Gasteiger partial charge is 0.493 e. The summed E-state index contributed by atoms with van der Waals surface area (Å²) in [6, 6.07) is 4.76. The lowest BCUT2D eigenvalue weighted by atomic mass is 9.75. The SMILES string of the molecule is O=C(O)CC1(NS(=O)(=O)c2ccc3c(c2)CCO3)CCC1. The van der Waals surface area contributed by atoms with E-state index in [0.29, 0.717) is 25.9 Å². The van der Waals surface area contributed by atoms with Gasteiger partial charge in [-0.05, 0) is 43.0 Å². The smallest absolute Gasteiger partial charge is 0.305 e. The van der Waals surface area contributed by atoms with Crippen LogP contribution in [0.4, 0.5) is 0 Å². The predicted molar refractivity (Wildman–Crippen MR) is 74.8 cm³/mol. The summed E-state index contributed by atoms with van der Waals surface area (Å²) in [6.07, 6.45) is 2.48. The number of carbonyl (C=O) groups is 1. The van der Waals surface area contributed by atoms with Crippen LogP contribution in [-0.2, 0) is 21.2 Å². The van der Waals surface area contributed by atoms with Gasteiger partial charge in [0.1, 0.15) is 5.75 Å². The lowest BCUT2D eigenvalue weighted by Crippen LogP contribution is -2.54. The summed E-state index contributed by atoms with van der Waals surface area (Å²) in [6.45, 7) is 0.565. The zero-order valence-corrected chi connectivity index (χ0v) is 12.3. The molecule has 3 rings (SSSR count). The highest BCUT2D eigenvalue weighted by Crippen LogP contribution is 2.37. The number of benzene rings is 1. The third-order valence-electron chi connectivity index (χ3n) is 4.12. The van der Waals surface area contributed by atoms with Crippen LogP contribution in [0.2, 0.25) is 0 Å². The van der Waals surface area contributed by atoms with E-state index in [2.05, 4.69) is 4.72 Å². The molecule has 6 nitrogen and oxygen atoms in total. The van der Waals surface area contributed by atoms with E-state index >= 15 is 0 Å². The Bertz CT molecular complexity index is 679. The van der Waals surface area contributed by atoms with Gasteiger partial charge in [-0.2, -0.15) is 0 Å². The van der Waals surface area contributed by atoms with Gasteiger partial charge in [0, 0.05) is 12.0 Å². The minimum Gasteiger partial charge on any atom is -0.493 e. The number of rotatable bonds is 5. The number of carboxylic acid groups (broad SMARTS) is 1. The third-order valence-corrected chi connectivity index (χ3v) is 5.70. The van der Waals surface area contributed by atoms with Crippen molar-refractivity contribution in [2.24, 2.45) is 0 Å². The molecule has 1 aromatic rings. The van der Waals surface area contributed by atoms with Crippen molar-refractivity contribution < 1.29 is 23.1 Å². The molecule has 0 saturated heterocycles. The molecule has 1 aromatic carbocycles. The lowest BCUT2D eigenvalue weighted by Gasteiger charge is -2.40. The molecule has 1 aliphatic heterocycles. The zero-order chi connectivity index (χ0) is 15.1. The van der Waals surface area contributed by atoms with E-state index < -0.39 is 21.5 Å². The summed E-state index contributed by atoms with van der Waals surface area (Å²) in [5.41, 5.74) is 0.0407. The molecule has 1 aliphatic carbocycles. The molecule has 21 heavy (non-hydrogen) atoms. The van der Waals surface area contributed by atoms with Crippen molar-refractivity contribution in [3.63, 3.8) is 0 Å². The highest BCUT2D eigenvalue weighted by molar-refractivity contribution is 7.89. The van der Waals surface area contributed by atoms with Crippen LogP contribution < -0.4 is 9.46 Å². The average Bonchev–Trinajstić information content (AvgIpc) is 2.82. The van der Waals surface area contributed by atoms with Crippen LogP contribution in [0.15, 0.2) is 23.1 Å². The van der Waals surface area contributed by atoms with E-state index in [1.54, 1.807) is 12.1 Å². The number of carboxylic acids is 1. The molecule has 0 amide bonds. The Labute approximate surface area is 123 Å². The highest BCUT2D eigenvalue weighted by Gasteiger charge is 2.42. The second-order valence-corrected chi connectivity index (χ2v) is 7.36. The molecule has 0 radical (unpaired) electrons. The van der Waals surface area contributed by atoms with Gasteiger partial charge in [0.05, 0.1) is 17.9 Å². The van der Waals surface area contributed by atoms with Crippen LogP contribution in [0.3, 0.4) is 0 Å². The minimum absolute atomic E-state index is 0.170. The molecule has 7 heteroatoms. The van der Waals surface area contributed by atoms with Gasteiger partial charge in [-0.3, -0.25) is 4.79 Å². The van der Waals surface area contributed by atoms with Gasteiger partial charge in [-0.1, -0.05) is 0 Å². The monoisotopic (exact) mass is 311 g/mol. The van der Waals surface area contributed by atoms with Gasteiger partial charge in [0.25, 0.3) is 0 Å². The van der Waals surface area contributed by atoms with Gasteiger partial charge in [0.15, 0.2) is 0 Å². The van der Waals surface area contributed by atoms with Gasteiger partial charge in [0.2, 0.25) is 10.0 Å². The van der Waals surface area contributed by atoms with E-state index in [4.69, 9.17) is 9.84 Å². The van der Waals surface area contributed by atoms with E-state index in [-0.39, 0.29) is 11.3 Å². The maximum atomic E-state index is 12.5. The normalized spacial score (nSPS) is 19.4. The highest BCUT2D eigenvalue weighted by atomic mass is 32.2. The van der Waals surface area contributed by atoms with E-state index in [0.717, 1.165) is 17.7 Å². The van der Waals surface area contributed by atoms with Crippen LogP contribution in [0.5, 0.6) is 5.75 Å². The van der Waals surface area contributed by atoms with Crippen molar-refractivity contribution >= 4 is 16.0 Å². The standard InChI is InChI=1S/C14H17NO5S/c16-13(17)9-14(5-1-6-14)15-21(18,19)11-2-3-12-10(8-11)4-7-20-12/h2-3,8,15H,1,4-7,9H2,(H,16,17). The molecular formula is C14H17NO5S. The molecule has 2 N–H and O–H groups in total. The molecular weight excluding hydrogens is 294 g/mol. The maximum Gasteiger partial charge on any atom is 0.305 e. The van der Waals surface area contributed by atoms with E-state index in [1.165, 1.54) is 6.07 Å². The zero-order valence-electron chi connectivity index (χ0n) is 11.5. The lowest BCUT2D eigenvalue weighted by molar-refractivity contribution is -0.139. The number of hydrogen-bond donors (Lipinski definition) is 2. The van der Waals surface area contributed by atoms with E-state index in [1.807, 2.05) is 0 Å². The number of hydrogen-bond acceptors (Lipinski definition) is 4. The fourth-order valence-corrected chi connectivity index (χ4v) is 4.39. The molecule has 0 aromatic heterocycles. The van der Waals surface area contributed by atoms with Crippen molar-refractivity contribution in [2.45, 2.75) is 42.5 Å². The second kappa shape index (κ2) is 4.99. The summed E-state index contributed by atoms with van der Waals surface area (Å²) < 4.78 is 32.9. The number of fused-ring (bicyclic) bond motifs is 1. The first-order chi connectivity index (χ1) is 9.90. The van der Waals surface area contributed by atoms with Gasteiger partial charge in [-0.25, -0.2) is 13.1 Å². The number of aliphatic carboxylic acids is 1. The Balaban J connectivity index is 1.85. The number of sulfonamides is 1. The Morgan fingerprint density at radius 3 is 2.76 bits per heavy atom. The fraction of sp³-hybridized carbons (Fsp3) is 0.500. The number of nitrogens with one attached hydrogen (secondary N) is 1. The summed E-state index contributed by atoms with van der Waals surface area (Å²) in [7, 11) is -3.71. The summed E-state index contributed by atoms with van der Waals surface area (Å²) >= 11 is 0. The fourth-order valence-electron chi connectivity index (χ4n) is 2.88. The Kier molecular flexibility index (Phi) is 3.41. The number of ether oxygens (including phenoxy) is 1. The van der Waals surface area contributed by atoms with Crippen molar-refractivity contribution in [3.05, 3.63) is 23.8 Å². The summed E-state index contributed by atoms with van der Waals surface area (Å²) in [5, 5.41) is 8.96. The molecule has 0 bridgehead atoms. The molecule has 0 spiro atoms. The summed E-state index contributed by atoms with van der Waals surface area (Å²) in [4.78, 5) is 11.1. The quantitative estimate of drug-likeness (QED) is 0.855. The molecule has 1 fully saturated rings. The topological polar surface area (TPSA) is 92.7 Å². The Morgan fingerprint density at radius 1 is 1.38 bits per heavy atom. The first kappa shape index (κ1) is 14.3. The van der Waals surface area contributed by atoms with Crippen LogP contribution in [0, 0.1) is 0 Å². The summed E-state index contributed by atoms with van der Waals surface area (Å²) in [5.74, 6) is -0.266. The van der Waals surface area contributed by atoms with Crippen LogP contribution in [0.1, 0.15) is 31.2 Å². The van der Waals surface area contributed by atoms with Gasteiger partial charge >= 0.3 is 5.97 Å². The van der Waals surface area contributed by atoms with Crippen LogP contribution in [0.25, 0.3) is 0 Å². The van der Waals surface area contributed by atoms with Gasteiger partial charge < -0.3 is 9.84 Å². The average molecular weight is 311 g/mol. The molecule has 114 valence electrons. The maximum absolute atomic E-state index is 12.5. The van der Waals surface area contributed by atoms with Crippen LogP contribution >= 0.6 is 0 Å². The van der Waals surface area contributed by atoms with Crippen molar-refractivity contribution in [3.8, 4) is 5.75 Å². The molecule has 0 atom stereocenters. The molecule has 0 unspecified atom stereocenters. The van der Waals surface area contributed by atoms with E-state index in [9.17, 15) is 13.2 Å². The first-order valence-electron chi connectivity index (χ1n) is 6.92. The van der Waals surface area contributed by atoms with Crippen molar-refractivity contribution in [2.75, 3.05) is 6.61 Å². The Hall–Kier alpha value is -1.60. The minimum atomic E-state index is -3.71. The first-order valence-corrected chi connectivity index (χ1v) is 8.40. The molecule has 1 saturated carbocycles. The van der Waals surface area contributed by atoms with Gasteiger partial charge in [-0.15, -0.1) is 0 Å². The van der Waals surface area contributed by atoms with Crippen molar-refractivity contribution in [1.82, 2.24) is 4.72 Å². The predicted octanol–water partition coefficient (Wildman–Crippen LogP) is 1.30.